The number of hydrogen-bond donors (Lipinski definition) is 2. The van der Waals surface area contributed by atoms with E-state index in [-0.39, 0.29) is 6.04 Å². The molecule has 1 aliphatic carbocycles. The predicted octanol–water partition coefficient (Wildman–Crippen LogP) is 1.47. The van der Waals surface area contributed by atoms with E-state index in [0.717, 1.165) is 12.8 Å². The Kier molecular flexibility index (Phi) is 3.07. The molecule has 1 saturated carbocycles. The number of amides is 1. The van der Waals surface area contributed by atoms with E-state index in [1.54, 1.807) is 6.20 Å². The average Bonchev–Trinajstić information content (AvgIpc) is 2.62. The summed E-state index contributed by atoms with van der Waals surface area (Å²) >= 11 is 0. The van der Waals surface area contributed by atoms with Crippen LogP contribution < -0.4 is 0 Å². The number of aromatic nitrogens is 3. The highest BCUT2D eigenvalue weighted by molar-refractivity contribution is 5.65. The summed E-state index contributed by atoms with van der Waals surface area (Å²) in [5, 5.41) is 19.2. The molecule has 0 bridgehead atoms. The Hall–Kier alpha value is -1.59. The van der Waals surface area contributed by atoms with Crippen LogP contribution in [0, 0.1) is 5.92 Å². The van der Waals surface area contributed by atoms with Gasteiger partial charge in [-0.15, -0.1) is 0 Å². The first-order valence-electron chi connectivity index (χ1n) is 5.52. The zero-order chi connectivity index (χ0) is 11.5. The summed E-state index contributed by atoms with van der Waals surface area (Å²) in [4.78, 5) is 12.6. The normalized spacial score (nSPS) is 17.8. The number of nitrogens with zero attached hydrogens (tertiary/aromatic N) is 3. The summed E-state index contributed by atoms with van der Waals surface area (Å²) in [5.41, 5.74) is 0.661. The van der Waals surface area contributed by atoms with Gasteiger partial charge < -0.3 is 5.11 Å². The second-order valence-electron chi connectivity index (χ2n) is 4.30. The molecule has 1 aromatic rings. The fourth-order valence-corrected chi connectivity index (χ4v) is 2.04. The molecule has 0 aliphatic heterocycles. The van der Waals surface area contributed by atoms with Crippen LogP contribution in [0.1, 0.15) is 31.9 Å². The van der Waals surface area contributed by atoms with Crippen molar-refractivity contribution in [2.45, 2.75) is 38.8 Å². The van der Waals surface area contributed by atoms with Crippen molar-refractivity contribution in [2.24, 2.45) is 5.92 Å². The molecule has 2 rings (SSSR count). The first-order chi connectivity index (χ1) is 7.68. The van der Waals surface area contributed by atoms with E-state index in [2.05, 4.69) is 15.4 Å². The van der Waals surface area contributed by atoms with Gasteiger partial charge >= 0.3 is 6.09 Å². The molecule has 88 valence electrons. The maximum Gasteiger partial charge on any atom is 0.407 e. The van der Waals surface area contributed by atoms with Crippen LogP contribution in [0.2, 0.25) is 0 Å². The Labute approximate surface area is 93.6 Å². The van der Waals surface area contributed by atoms with Crippen molar-refractivity contribution in [1.82, 2.24) is 20.3 Å². The number of nitrogens with one attached hydrogen (secondary N) is 1. The van der Waals surface area contributed by atoms with Crippen LogP contribution in [-0.4, -0.2) is 37.6 Å². The molecule has 0 radical (unpaired) electrons. The van der Waals surface area contributed by atoms with Crippen molar-refractivity contribution < 1.29 is 9.90 Å². The molecule has 6 heteroatoms. The molecule has 1 aliphatic rings. The van der Waals surface area contributed by atoms with E-state index in [9.17, 15) is 9.90 Å². The maximum atomic E-state index is 11.2. The van der Waals surface area contributed by atoms with Crippen molar-refractivity contribution in [3.63, 3.8) is 0 Å². The van der Waals surface area contributed by atoms with Crippen LogP contribution in [-0.2, 0) is 6.54 Å². The molecular weight excluding hydrogens is 208 g/mol. The highest BCUT2D eigenvalue weighted by Crippen LogP contribution is 2.32. The molecule has 6 nitrogen and oxygen atoms in total. The molecule has 1 heterocycles. The lowest BCUT2D eigenvalue weighted by molar-refractivity contribution is 0.0838. The number of carboxylic acid groups (broad SMARTS) is 1. The fraction of sp³-hybridized carbons (Fsp3) is 0.700. The third-order valence-electron chi connectivity index (χ3n) is 3.37. The van der Waals surface area contributed by atoms with Gasteiger partial charge in [0.1, 0.15) is 5.69 Å². The lowest BCUT2D eigenvalue weighted by Crippen LogP contribution is -2.43. The highest BCUT2D eigenvalue weighted by atomic mass is 16.4. The van der Waals surface area contributed by atoms with Gasteiger partial charge in [0, 0.05) is 6.04 Å². The standard InChI is InChI=1S/C10H16N4O2/c1-7(8-3-2-4-8)14(10(15)16)6-9-5-11-13-12-9/h5,7-8H,2-4,6H2,1H3,(H,15,16)(H,11,12,13). The highest BCUT2D eigenvalue weighted by Gasteiger charge is 2.31. The minimum Gasteiger partial charge on any atom is -0.465 e. The predicted molar refractivity (Wildman–Crippen MR) is 56.8 cm³/mol. The molecule has 1 atom stereocenters. The number of aromatic amines is 1. The first kappa shape index (κ1) is 10.9. The van der Waals surface area contributed by atoms with Gasteiger partial charge in [0.15, 0.2) is 0 Å². The third-order valence-corrected chi connectivity index (χ3v) is 3.37. The second kappa shape index (κ2) is 4.51. The second-order valence-corrected chi connectivity index (χ2v) is 4.30. The number of hydrogen-bond acceptors (Lipinski definition) is 3. The van der Waals surface area contributed by atoms with E-state index in [4.69, 9.17) is 0 Å². The van der Waals surface area contributed by atoms with Crippen LogP contribution >= 0.6 is 0 Å². The zero-order valence-electron chi connectivity index (χ0n) is 9.26. The molecule has 1 unspecified atom stereocenters. The topological polar surface area (TPSA) is 82.1 Å². The van der Waals surface area contributed by atoms with Gasteiger partial charge in [0.2, 0.25) is 0 Å². The summed E-state index contributed by atoms with van der Waals surface area (Å²) < 4.78 is 0. The SMILES string of the molecule is CC(C1CCC1)N(Cc1cn[nH]n1)C(=O)O. The quantitative estimate of drug-likeness (QED) is 0.811. The van der Waals surface area contributed by atoms with E-state index in [1.165, 1.54) is 11.3 Å². The molecule has 1 aromatic heterocycles. The lowest BCUT2D eigenvalue weighted by atomic mass is 9.80. The number of rotatable bonds is 4. The van der Waals surface area contributed by atoms with Gasteiger partial charge in [0.25, 0.3) is 0 Å². The van der Waals surface area contributed by atoms with Crippen LogP contribution in [0.3, 0.4) is 0 Å². The van der Waals surface area contributed by atoms with Gasteiger partial charge in [-0.25, -0.2) is 4.79 Å². The molecule has 16 heavy (non-hydrogen) atoms. The molecule has 2 N–H and O–H groups in total. The molecular formula is C10H16N4O2. The first-order valence-corrected chi connectivity index (χ1v) is 5.52. The van der Waals surface area contributed by atoms with Crippen molar-refractivity contribution in [2.75, 3.05) is 0 Å². The van der Waals surface area contributed by atoms with Gasteiger partial charge in [-0.2, -0.15) is 15.4 Å². The maximum absolute atomic E-state index is 11.2. The van der Waals surface area contributed by atoms with Crippen LogP contribution in [0.15, 0.2) is 6.20 Å². The van der Waals surface area contributed by atoms with E-state index < -0.39 is 6.09 Å². The molecule has 0 aromatic carbocycles. The van der Waals surface area contributed by atoms with Crippen LogP contribution in [0.4, 0.5) is 4.79 Å². The summed E-state index contributed by atoms with van der Waals surface area (Å²) in [7, 11) is 0. The van der Waals surface area contributed by atoms with Crippen molar-refractivity contribution in [3.8, 4) is 0 Å². The molecule has 0 spiro atoms. The number of H-pyrrole nitrogens is 1. The summed E-state index contributed by atoms with van der Waals surface area (Å²) in [6.45, 7) is 2.28. The molecule has 1 amide bonds. The Bertz CT molecular complexity index is 348. The summed E-state index contributed by atoms with van der Waals surface area (Å²) in [6.07, 6.45) is 4.14. The fourth-order valence-electron chi connectivity index (χ4n) is 2.04. The van der Waals surface area contributed by atoms with Crippen LogP contribution in [0.25, 0.3) is 0 Å². The van der Waals surface area contributed by atoms with Gasteiger partial charge in [0.05, 0.1) is 12.7 Å². The number of carbonyl (C=O) groups is 1. The van der Waals surface area contributed by atoms with Crippen molar-refractivity contribution in [3.05, 3.63) is 11.9 Å². The van der Waals surface area contributed by atoms with Gasteiger partial charge in [-0.05, 0) is 25.7 Å². The zero-order valence-corrected chi connectivity index (χ0v) is 9.26. The molecule has 0 saturated heterocycles. The minimum absolute atomic E-state index is 0.0583. The lowest BCUT2D eigenvalue weighted by Gasteiger charge is -2.37. The van der Waals surface area contributed by atoms with Crippen LogP contribution in [0.5, 0.6) is 0 Å². The Morgan fingerprint density at radius 3 is 2.94 bits per heavy atom. The Balaban J connectivity index is 2.01. The van der Waals surface area contributed by atoms with Crippen molar-refractivity contribution >= 4 is 6.09 Å². The molecule has 1 fully saturated rings. The Morgan fingerprint density at radius 1 is 1.75 bits per heavy atom. The van der Waals surface area contributed by atoms with Gasteiger partial charge in [-0.3, -0.25) is 4.90 Å². The summed E-state index contributed by atoms with van der Waals surface area (Å²) in [5.74, 6) is 0.503. The Morgan fingerprint density at radius 2 is 2.50 bits per heavy atom. The van der Waals surface area contributed by atoms with E-state index >= 15 is 0 Å². The van der Waals surface area contributed by atoms with E-state index in [1.807, 2.05) is 6.92 Å². The van der Waals surface area contributed by atoms with Gasteiger partial charge in [-0.1, -0.05) is 6.42 Å². The third kappa shape index (κ3) is 2.15. The smallest absolute Gasteiger partial charge is 0.407 e. The van der Waals surface area contributed by atoms with E-state index in [0.29, 0.717) is 18.2 Å². The summed E-state index contributed by atoms with van der Waals surface area (Å²) in [6, 6.07) is 0.0583. The average molecular weight is 224 g/mol. The minimum atomic E-state index is -0.887. The largest absolute Gasteiger partial charge is 0.465 e. The van der Waals surface area contributed by atoms with Crippen molar-refractivity contribution in [1.29, 1.82) is 0 Å². The monoisotopic (exact) mass is 224 g/mol.